The van der Waals surface area contributed by atoms with Crippen LogP contribution in [0.4, 0.5) is 0 Å². The summed E-state index contributed by atoms with van der Waals surface area (Å²) in [6.45, 7) is 5.36. The molecule has 1 atom stereocenters. The smallest absolute Gasteiger partial charge is 0.262 e. The molecule has 0 spiro atoms. The molecule has 2 aromatic heterocycles. The van der Waals surface area contributed by atoms with Gasteiger partial charge < -0.3 is 9.72 Å². The maximum absolute atomic E-state index is 12.5. The third-order valence-electron chi connectivity index (χ3n) is 7.03. The molecule has 0 amide bonds. The summed E-state index contributed by atoms with van der Waals surface area (Å²) in [7, 11) is 1.82. The van der Waals surface area contributed by atoms with Crippen molar-refractivity contribution in [3.05, 3.63) is 52.2 Å². The summed E-state index contributed by atoms with van der Waals surface area (Å²) in [5.41, 5.74) is 1.89. The number of nitrogens with zero attached hydrogens (tertiary/aromatic N) is 5. The monoisotopic (exact) mass is 450 g/mol. The van der Waals surface area contributed by atoms with Crippen molar-refractivity contribution in [1.29, 1.82) is 0 Å². The number of fused-ring (bicyclic) bond motifs is 4. The van der Waals surface area contributed by atoms with E-state index in [4.69, 9.17) is 9.72 Å². The van der Waals surface area contributed by atoms with Crippen LogP contribution in [-0.4, -0.2) is 68.4 Å². The maximum atomic E-state index is 12.5. The predicted octanol–water partition coefficient (Wildman–Crippen LogP) is 2.73. The highest BCUT2D eigenvalue weighted by atomic mass is 16.5. The number of aromatic nitrogens is 4. The Balaban J connectivity index is 1.35. The first-order valence-corrected chi connectivity index (χ1v) is 12.2. The normalized spacial score (nSPS) is 21.3. The Morgan fingerprint density at radius 1 is 1.12 bits per heavy atom. The van der Waals surface area contributed by atoms with Crippen molar-refractivity contribution in [2.75, 3.05) is 32.8 Å². The van der Waals surface area contributed by atoms with Crippen LogP contribution in [0.1, 0.15) is 43.5 Å². The SMILES string of the molecule is Cn1ncc2c(=O)[nH]c(CN3CCCOc4cccc(c4)CCC4CCCCN4CC3)nc21. The number of ether oxygens (including phenoxy) is 1. The van der Waals surface area contributed by atoms with E-state index in [-0.39, 0.29) is 5.56 Å². The fraction of sp³-hybridized carbons (Fsp3) is 0.560. The molecule has 1 unspecified atom stereocenters. The van der Waals surface area contributed by atoms with Gasteiger partial charge in [0.25, 0.3) is 5.56 Å². The summed E-state index contributed by atoms with van der Waals surface area (Å²) in [5, 5.41) is 4.72. The summed E-state index contributed by atoms with van der Waals surface area (Å²) >= 11 is 0. The number of hydrogen-bond acceptors (Lipinski definition) is 6. The number of aromatic amines is 1. The zero-order chi connectivity index (χ0) is 22.6. The van der Waals surface area contributed by atoms with Crippen LogP contribution in [0.2, 0.25) is 0 Å². The fourth-order valence-corrected chi connectivity index (χ4v) is 5.19. The van der Waals surface area contributed by atoms with Gasteiger partial charge in [-0.3, -0.25) is 19.3 Å². The first-order valence-electron chi connectivity index (χ1n) is 12.2. The molecule has 2 aliphatic rings. The minimum absolute atomic E-state index is 0.121. The van der Waals surface area contributed by atoms with Gasteiger partial charge in [0.05, 0.1) is 19.3 Å². The first kappa shape index (κ1) is 22.1. The van der Waals surface area contributed by atoms with Crippen LogP contribution in [0.3, 0.4) is 0 Å². The van der Waals surface area contributed by atoms with Crippen LogP contribution in [0.25, 0.3) is 11.0 Å². The number of aryl methyl sites for hydroxylation is 2. The molecule has 3 aromatic rings. The van der Waals surface area contributed by atoms with Gasteiger partial charge in [0.2, 0.25) is 0 Å². The van der Waals surface area contributed by atoms with E-state index in [1.165, 1.54) is 37.8 Å². The molecule has 0 aliphatic carbocycles. The van der Waals surface area contributed by atoms with Gasteiger partial charge in [0.1, 0.15) is 17.0 Å². The van der Waals surface area contributed by atoms with Gasteiger partial charge in [-0.1, -0.05) is 18.6 Å². The summed E-state index contributed by atoms with van der Waals surface area (Å²) in [6.07, 6.45) is 8.67. The van der Waals surface area contributed by atoms with Crippen molar-refractivity contribution in [1.82, 2.24) is 29.5 Å². The quantitative estimate of drug-likeness (QED) is 0.647. The second kappa shape index (κ2) is 10.1. The van der Waals surface area contributed by atoms with Crippen molar-refractivity contribution >= 4 is 11.0 Å². The Labute approximate surface area is 194 Å². The van der Waals surface area contributed by atoms with Crippen LogP contribution in [0, 0.1) is 0 Å². The number of nitrogens with one attached hydrogen (secondary N) is 1. The van der Waals surface area contributed by atoms with Crippen molar-refractivity contribution < 1.29 is 4.74 Å². The largest absolute Gasteiger partial charge is 0.494 e. The topological polar surface area (TPSA) is 79.3 Å². The van der Waals surface area contributed by atoms with E-state index in [1.54, 1.807) is 10.9 Å². The Hall–Kier alpha value is -2.71. The molecule has 1 saturated heterocycles. The Morgan fingerprint density at radius 2 is 2.06 bits per heavy atom. The van der Waals surface area contributed by atoms with Crippen molar-refractivity contribution in [2.45, 2.75) is 51.1 Å². The van der Waals surface area contributed by atoms with E-state index in [9.17, 15) is 4.79 Å². The molecule has 4 heterocycles. The zero-order valence-electron chi connectivity index (χ0n) is 19.5. The molecule has 1 fully saturated rings. The molecular formula is C25H34N6O2. The van der Waals surface area contributed by atoms with Crippen molar-refractivity contribution in [3.8, 4) is 5.75 Å². The lowest BCUT2D eigenvalue weighted by Crippen LogP contribution is -2.44. The highest BCUT2D eigenvalue weighted by Gasteiger charge is 2.23. The van der Waals surface area contributed by atoms with E-state index in [0.29, 0.717) is 36.1 Å². The Bertz CT molecular complexity index is 1140. The van der Waals surface area contributed by atoms with E-state index in [0.717, 1.165) is 38.2 Å². The Kier molecular flexibility index (Phi) is 6.73. The lowest BCUT2D eigenvalue weighted by Gasteiger charge is -2.37. The van der Waals surface area contributed by atoms with Gasteiger partial charge in [-0.2, -0.15) is 5.10 Å². The minimum atomic E-state index is -0.121. The molecule has 2 aliphatic heterocycles. The molecule has 33 heavy (non-hydrogen) atoms. The van der Waals surface area contributed by atoms with Gasteiger partial charge >= 0.3 is 0 Å². The third kappa shape index (κ3) is 5.28. The molecule has 5 rings (SSSR count). The maximum Gasteiger partial charge on any atom is 0.262 e. The second-order valence-electron chi connectivity index (χ2n) is 9.37. The van der Waals surface area contributed by atoms with E-state index >= 15 is 0 Å². The van der Waals surface area contributed by atoms with Gasteiger partial charge in [-0.15, -0.1) is 0 Å². The van der Waals surface area contributed by atoms with Gasteiger partial charge in [0, 0.05) is 32.7 Å². The number of rotatable bonds is 2. The molecule has 176 valence electrons. The number of benzene rings is 1. The third-order valence-corrected chi connectivity index (χ3v) is 7.03. The molecule has 0 radical (unpaired) electrons. The van der Waals surface area contributed by atoms with E-state index < -0.39 is 0 Å². The van der Waals surface area contributed by atoms with E-state index in [2.05, 4.69) is 44.1 Å². The van der Waals surface area contributed by atoms with Crippen LogP contribution < -0.4 is 10.3 Å². The van der Waals surface area contributed by atoms with Crippen molar-refractivity contribution in [3.63, 3.8) is 0 Å². The lowest BCUT2D eigenvalue weighted by molar-refractivity contribution is 0.114. The van der Waals surface area contributed by atoms with Gasteiger partial charge in [-0.05, 0) is 56.3 Å². The molecule has 0 saturated carbocycles. The van der Waals surface area contributed by atoms with Crippen LogP contribution in [-0.2, 0) is 20.0 Å². The number of hydrogen-bond donors (Lipinski definition) is 1. The van der Waals surface area contributed by atoms with E-state index in [1.807, 2.05) is 7.05 Å². The summed E-state index contributed by atoms with van der Waals surface area (Å²) in [4.78, 5) is 25.3. The average molecular weight is 451 g/mol. The Morgan fingerprint density at radius 3 is 3.00 bits per heavy atom. The number of H-pyrrole nitrogens is 1. The number of piperidine rings is 1. The standard InChI is InChI=1S/C25H34N6O2/c1-29-24-22(17-26-29)25(32)28-23(27-24)18-30-11-5-15-33-21-8-4-6-19(16-21)9-10-20-7-2-3-12-31(20)14-13-30/h4,6,8,16-17,20H,2-3,5,7,9-15,18H2,1H3,(H,27,28,32). The van der Waals surface area contributed by atoms with Gasteiger partial charge in [0.15, 0.2) is 5.65 Å². The van der Waals surface area contributed by atoms with Crippen LogP contribution in [0.5, 0.6) is 5.75 Å². The second-order valence-corrected chi connectivity index (χ2v) is 9.37. The fourth-order valence-electron chi connectivity index (χ4n) is 5.19. The molecular weight excluding hydrogens is 416 g/mol. The summed E-state index contributed by atoms with van der Waals surface area (Å²) in [5.74, 6) is 1.66. The summed E-state index contributed by atoms with van der Waals surface area (Å²) in [6, 6.07) is 9.22. The highest BCUT2D eigenvalue weighted by molar-refractivity contribution is 5.72. The van der Waals surface area contributed by atoms with Crippen molar-refractivity contribution in [2.24, 2.45) is 7.05 Å². The van der Waals surface area contributed by atoms with Crippen LogP contribution in [0.15, 0.2) is 35.3 Å². The lowest BCUT2D eigenvalue weighted by atomic mass is 9.95. The molecule has 1 aromatic carbocycles. The highest BCUT2D eigenvalue weighted by Crippen LogP contribution is 2.23. The first-order chi connectivity index (χ1) is 16.2. The van der Waals surface area contributed by atoms with Gasteiger partial charge in [-0.25, -0.2) is 4.98 Å². The average Bonchev–Trinajstić information content (AvgIpc) is 3.20. The molecule has 8 heteroatoms. The predicted molar refractivity (Wildman–Crippen MR) is 128 cm³/mol. The zero-order valence-corrected chi connectivity index (χ0v) is 19.5. The molecule has 8 nitrogen and oxygen atoms in total. The summed E-state index contributed by atoms with van der Waals surface area (Å²) < 4.78 is 7.72. The van der Waals surface area contributed by atoms with Crippen LogP contribution >= 0.6 is 0 Å². The molecule has 2 bridgehead atoms. The molecule has 1 N–H and O–H groups in total. The minimum Gasteiger partial charge on any atom is -0.494 e.